The number of hydrogen-bond donors (Lipinski definition) is 0. The zero-order valence-corrected chi connectivity index (χ0v) is 13.2. The molecular formula is C20H16FN3. The Morgan fingerprint density at radius 1 is 0.917 bits per heavy atom. The molecule has 3 nitrogen and oxygen atoms in total. The van der Waals surface area contributed by atoms with Gasteiger partial charge in [-0.15, -0.1) is 0 Å². The highest BCUT2D eigenvalue weighted by molar-refractivity contribution is 5.78. The van der Waals surface area contributed by atoms with Gasteiger partial charge in [-0.3, -0.25) is 0 Å². The van der Waals surface area contributed by atoms with Gasteiger partial charge in [0.2, 0.25) is 0 Å². The lowest BCUT2D eigenvalue weighted by molar-refractivity contribution is 0.628. The fourth-order valence-corrected chi connectivity index (χ4v) is 2.94. The number of pyridine rings is 1. The summed E-state index contributed by atoms with van der Waals surface area (Å²) in [6.07, 6.45) is 3.55. The molecule has 0 radical (unpaired) electrons. The van der Waals surface area contributed by atoms with Crippen molar-refractivity contribution >= 4 is 11.2 Å². The first-order valence-corrected chi connectivity index (χ1v) is 7.86. The number of benzene rings is 2. The summed E-state index contributed by atoms with van der Waals surface area (Å²) >= 11 is 0. The van der Waals surface area contributed by atoms with Crippen LogP contribution in [0.3, 0.4) is 0 Å². The predicted molar refractivity (Wildman–Crippen MR) is 93.2 cm³/mol. The van der Waals surface area contributed by atoms with Gasteiger partial charge in [-0.25, -0.2) is 14.4 Å². The average molecular weight is 317 g/mol. The van der Waals surface area contributed by atoms with Crippen LogP contribution in [0.25, 0.3) is 22.3 Å². The molecule has 1 atom stereocenters. The summed E-state index contributed by atoms with van der Waals surface area (Å²) in [5.41, 5.74) is 4.52. The second-order valence-electron chi connectivity index (χ2n) is 5.82. The fourth-order valence-electron chi connectivity index (χ4n) is 2.94. The zero-order chi connectivity index (χ0) is 16.5. The van der Waals surface area contributed by atoms with E-state index < -0.39 is 0 Å². The molecule has 0 aliphatic heterocycles. The maximum absolute atomic E-state index is 13.5. The van der Waals surface area contributed by atoms with Gasteiger partial charge < -0.3 is 4.57 Å². The molecule has 24 heavy (non-hydrogen) atoms. The van der Waals surface area contributed by atoms with Gasteiger partial charge in [0, 0.05) is 11.8 Å². The number of imidazole rings is 1. The van der Waals surface area contributed by atoms with E-state index in [0.29, 0.717) is 5.65 Å². The van der Waals surface area contributed by atoms with Gasteiger partial charge in [0.15, 0.2) is 5.65 Å². The molecule has 0 saturated heterocycles. The van der Waals surface area contributed by atoms with Gasteiger partial charge in [-0.1, -0.05) is 42.5 Å². The van der Waals surface area contributed by atoms with Crippen molar-refractivity contribution in [1.82, 2.24) is 14.5 Å². The second kappa shape index (κ2) is 5.89. The molecule has 2 aromatic heterocycles. The smallest absolute Gasteiger partial charge is 0.177 e. The number of hydrogen-bond acceptors (Lipinski definition) is 2. The Bertz CT molecular complexity index is 992. The van der Waals surface area contributed by atoms with E-state index in [0.717, 1.165) is 16.6 Å². The highest BCUT2D eigenvalue weighted by atomic mass is 19.1. The lowest BCUT2D eigenvalue weighted by Gasteiger charge is -2.15. The highest BCUT2D eigenvalue weighted by Crippen LogP contribution is 2.26. The number of nitrogens with zero attached hydrogens (tertiary/aromatic N) is 3. The van der Waals surface area contributed by atoms with E-state index in [4.69, 9.17) is 0 Å². The van der Waals surface area contributed by atoms with Crippen molar-refractivity contribution in [3.8, 4) is 11.1 Å². The molecule has 4 heteroatoms. The average Bonchev–Trinajstić information content (AvgIpc) is 3.05. The van der Waals surface area contributed by atoms with E-state index >= 15 is 0 Å². The van der Waals surface area contributed by atoms with Crippen molar-refractivity contribution in [1.29, 1.82) is 0 Å². The fraction of sp³-hybridized carbons (Fsp3) is 0.100. The predicted octanol–water partition coefficient (Wildman–Crippen LogP) is 4.85. The molecule has 118 valence electrons. The Labute approximate surface area is 139 Å². The molecule has 1 unspecified atom stereocenters. The lowest BCUT2D eigenvalue weighted by atomic mass is 10.1. The van der Waals surface area contributed by atoms with Crippen LogP contribution in [0.15, 0.2) is 73.2 Å². The van der Waals surface area contributed by atoms with Crippen LogP contribution in [-0.4, -0.2) is 14.5 Å². The topological polar surface area (TPSA) is 30.7 Å². The van der Waals surface area contributed by atoms with Crippen LogP contribution in [0.1, 0.15) is 18.5 Å². The third kappa shape index (κ3) is 2.56. The molecule has 0 spiro atoms. The van der Waals surface area contributed by atoms with Crippen LogP contribution >= 0.6 is 0 Å². The summed E-state index contributed by atoms with van der Waals surface area (Å²) in [4.78, 5) is 8.82. The molecule has 0 aliphatic carbocycles. The monoisotopic (exact) mass is 317 g/mol. The maximum Gasteiger partial charge on any atom is 0.177 e. The van der Waals surface area contributed by atoms with Gasteiger partial charge in [0.25, 0.3) is 0 Å². The minimum Gasteiger partial charge on any atom is -0.322 e. The first-order chi connectivity index (χ1) is 11.7. The Balaban J connectivity index is 1.82. The zero-order valence-electron chi connectivity index (χ0n) is 13.2. The van der Waals surface area contributed by atoms with Crippen LogP contribution in [0.2, 0.25) is 0 Å². The third-order valence-electron chi connectivity index (χ3n) is 4.29. The van der Waals surface area contributed by atoms with Crippen LogP contribution < -0.4 is 0 Å². The van der Waals surface area contributed by atoms with Crippen LogP contribution in [0.5, 0.6) is 0 Å². The summed E-state index contributed by atoms with van der Waals surface area (Å²) in [6, 6.07) is 19.0. The second-order valence-corrected chi connectivity index (χ2v) is 5.82. The van der Waals surface area contributed by atoms with Crippen LogP contribution in [0, 0.1) is 5.82 Å². The van der Waals surface area contributed by atoms with E-state index in [1.807, 2.05) is 36.7 Å². The minimum atomic E-state index is -0.251. The van der Waals surface area contributed by atoms with E-state index in [-0.39, 0.29) is 11.9 Å². The Kier molecular flexibility index (Phi) is 3.58. The lowest BCUT2D eigenvalue weighted by Crippen LogP contribution is -2.05. The van der Waals surface area contributed by atoms with Crippen LogP contribution in [0.4, 0.5) is 4.39 Å². The number of fused-ring (bicyclic) bond motifs is 1. The van der Waals surface area contributed by atoms with Gasteiger partial charge in [-0.05, 0) is 36.2 Å². The Hall–Kier alpha value is -3.01. The Morgan fingerprint density at radius 2 is 1.75 bits per heavy atom. The molecule has 0 aliphatic rings. The molecule has 4 aromatic rings. The number of aromatic nitrogens is 3. The van der Waals surface area contributed by atoms with Crippen molar-refractivity contribution in [2.75, 3.05) is 0 Å². The summed E-state index contributed by atoms with van der Waals surface area (Å²) in [6.45, 7) is 2.13. The third-order valence-corrected chi connectivity index (χ3v) is 4.29. The SMILES string of the molecule is CC(c1ccccc1)n1cnc2ncc(-c3cccc(F)c3)cc21. The summed E-state index contributed by atoms with van der Waals surface area (Å²) in [7, 11) is 0. The van der Waals surface area contributed by atoms with E-state index in [1.165, 1.54) is 17.7 Å². The van der Waals surface area contributed by atoms with Gasteiger partial charge >= 0.3 is 0 Å². The first-order valence-electron chi connectivity index (χ1n) is 7.86. The van der Waals surface area contributed by atoms with Crippen molar-refractivity contribution in [2.24, 2.45) is 0 Å². The van der Waals surface area contributed by atoms with E-state index in [1.54, 1.807) is 12.3 Å². The van der Waals surface area contributed by atoms with Gasteiger partial charge in [0.05, 0.1) is 17.9 Å². The van der Waals surface area contributed by atoms with Crippen molar-refractivity contribution < 1.29 is 4.39 Å². The molecule has 0 fully saturated rings. The number of halogens is 1. The molecule has 0 N–H and O–H groups in total. The van der Waals surface area contributed by atoms with E-state index in [2.05, 4.69) is 33.6 Å². The van der Waals surface area contributed by atoms with Gasteiger partial charge in [0.1, 0.15) is 5.82 Å². The van der Waals surface area contributed by atoms with Crippen molar-refractivity contribution in [2.45, 2.75) is 13.0 Å². The Morgan fingerprint density at radius 3 is 2.54 bits per heavy atom. The quantitative estimate of drug-likeness (QED) is 0.541. The minimum absolute atomic E-state index is 0.140. The largest absolute Gasteiger partial charge is 0.322 e. The molecule has 0 saturated carbocycles. The normalized spacial score (nSPS) is 12.4. The molecular weight excluding hydrogens is 301 g/mol. The van der Waals surface area contributed by atoms with Crippen molar-refractivity contribution in [3.05, 3.63) is 84.6 Å². The highest BCUT2D eigenvalue weighted by Gasteiger charge is 2.13. The molecule has 2 heterocycles. The standard InChI is InChI=1S/C20H16FN3/c1-14(15-6-3-2-4-7-15)24-13-23-20-19(24)11-17(12-22-20)16-8-5-9-18(21)10-16/h2-14H,1H3. The molecule has 0 amide bonds. The molecule has 4 rings (SSSR count). The van der Waals surface area contributed by atoms with Gasteiger partial charge in [-0.2, -0.15) is 0 Å². The van der Waals surface area contributed by atoms with Crippen molar-refractivity contribution in [3.63, 3.8) is 0 Å². The summed E-state index contributed by atoms with van der Waals surface area (Å²) in [5, 5.41) is 0. The number of rotatable bonds is 3. The summed E-state index contributed by atoms with van der Waals surface area (Å²) in [5.74, 6) is -0.251. The molecule has 2 aromatic carbocycles. The summed E-state index contributed by atoms with van der Waals surface area (Å²) < 4.78 is 15.6. The van der Waals surface area contributed by atoms with Crippen LogP contribution in [-0.2, 0) is 0 Å². The van der Waals surface area contributed by atoms with E-state index in [9.17, 15) is 4.39 Å². The molecule has 0 bridgehead atoms. The first kappa shape index (κ1) is 14.6. The maximum atomic E-state index is 13.5.